The van der Waals surface area contributed by atoms with Crippen LogP contribution >= 0.6 is 11.8 Å². The van der Waals surface area contributed by atoms with Crippen LogP contribution in [0.4, 0.5) is 26.3 Å². The number of hydrogen-bond donors (Lipinski definition) is 1. The van der Waals surface area contributed by atoms with E-state index in [1.807, 2.05) is 7.05 Å². The van der Waals surface area contributed by atoms with Crippen LogP contribution in [0.25, 0.3) is 0 Å². The fourth-order valence-corrected chi connectivity index (χ4v) is 8.88. The van der Waals surface area contributed by atoms with Crippen LogP contribution < -0.4 is 0 Å². The number of thioether (sulfide) groups is 1. The Bertz CT molecular complexity index is 1080. The predicted octanol–water partition coefficient (Wildman–Crippen LogP) is 8.78. The molecule has 1 aromatic rings. The van der Waals surface area contributed by atoms with E-state index < -0.39 is 24.3 Å². The van der Waals surface area contributed by atoms with E-state index in [0.29, 0.717) is 35.7 Å². The number of halogens is 6. The minimum absolute atomic E-state index is 0.157. The van der Waals surface area contributed by atoms with Crippen LogP contribution in [0.15, 0.2) is 12.1 Å². The molecule has 3 aliphatic rings. The van der Waals surface area contributed by atoms with E-state index in [1.54, 1.807) is 12.1 Å². The summed E-state index contributed by atoms with van der Waals surface area (Å²) in [5.41, 5.74) is 1.83. The summed E-state index contributed by atoms with van der Waals surface area (Å²) in [6.45, 7) is 3.93. The van der Waals surface area contributed by atoms with E-state index in [1.165, 1.54) is 11.8 Å². The Kier molecular flexibility index (Phi) is 10.9. The van der Waals surface area contributed by atoms with Crippen molar-refractivity contribution in [1.82, 2.24) is 4.90 Å². The molecule has 1 aromatic carbocycles. The second-order valence-corrected chi connectivity index (χ2v) is 14.3. The van der Waals surface area contributed by atoms with Crippen LogP contribution in [0, 0.1) is 29.0 Å². The van der Waals surface area contributed by atoms with Gasteiger partial charge in [0.1, 0.15) is 5.78 Å². The second kappa shape index (κ2) is 13.7. The first-order valence-corrected chi connectivity index (χ1v) is 16.7. The van der Waals surface area contributed by atoms with E-state index in [4.69, 9.17) is 0 Å². The maximum absolute atomic E-state index is 14.4. The molecule has 3 aliphatic carbocycles. The molecule has 5 atom stereocenters. The number of ketones is 1. The molecular weight excluding hydrogens is 576 g/mol. The third-order valence-electron chi connectivity index (χ3n) is 10.3. The SMILES string of the molecule is CN(CCCCC[C@@H]1Cc2cc(O)c(F)cc2[C@H]2CC[C@]3(C)C(=O)CC[C@H]3[C@H]12)CCCSCCCC(F)(F)C(F)(F)F. The third-order valence-corrected chi connectivity index (χ3v) is 11.5. The van der Waals surface area contributed by atoms with E-state index in [2.05, 4.69) is 11.8 Å². The molecule has 0 amide bonds. The lowest BCUT2D eigenvalue weighted by Crippen LogP contribution is -2.46. The molecule has 0 saturated heterocycles. The van der Waals surface area contributed by atoms with Crippen molar-refractivity contribution in [3.05, 3.63) is 29.1 Å². The van der Waals surface area contributed by atoms with Crippen molar-refractivity contribution >= 4 is 17.5 Å². The smallest absolute Gasteiger partial charge is 0.453 e. The lowest BCUT2D eigenvalue weighted by molar-refractivity contribution is -0.284. The summed E-state index contributed by atoms with van der Waals surface area (Å²) < 4.78 is 77.0. The maximum Gasteiger partial charge on any atom is 0.453 e. The Morgan fingerprint density at radius 2 is 1.74 bits per heavy atom. The monoisotopic (exact) mass is 621 g/mol. The average Bonchev–Trinajstić information content (AvgIpc) is 3.22. The van der Waals surface area contributed by atoms with Crippen LogP contribution in [0.5, 0.6) is 5.75 Å². The molecule has 0 spiro atoms. The predicted molar refractivity (Wildman–Crippen MR) is 155 cm³/mol. The van der Waals surface area contributed by atoms with Crippen LogP contribution in [-0.4, -0.2) is 59.5 Å². The number of alkyl halides is 5. The number of fused-ring (bicyclic) bond motifs is 5. The number of Topliss-reactive ketones (excluding diaryl/α,β-unsaturated/α-hetero) is 1. The first-order valence-electron chi connectivity index (χ1n) is 15.5. The van der Waals surface area contributed by atoms with E-state index in [-0.39, 0.29) is 23.5 Å². The highest BCUT2D eigenvalue weighted by Crippen LogP contribution is 2.61. The van der Waals surface area contributed by atoms with Gasteiger partial charge in [-0.15, -0.1) is 0 Å². The number of nitrogens with zero attached hydrogens (tertiary/aromatic N) is 1. The molecule has 10 heteroatoms. The van der Waals surface area contributed by atoms with Gasteiger partial charge in [-0.25, -0.2) is 4.39 Å². The Hall–Kier alpha value is -1.42. The zero-order valence-electron chi connectivity index (χ0n) is 24.8. The fourth-order valence-electron chi connectivity index (χ4n) is 8.00. The Balaban J connectivity index is 1.19. The first-order chi connectivity index (χ1) is 19.7. The van der Waals surface area contributed by atoms with Gasteiger partial charge < -0.3 is 10.0 Å². The molecule has 3 nitrogen and oxygen atoms in total. The molecule has 0 radical (unpaired) electrons. The van der Waals surface area contributed by atoms with Crippen molar-refractivity contribution < 1.29 is 36.2 Å². The third kappa shape index (κ3) is 7.44. The Labute approximate surface area is 250 Å². The van der Waals surface area contributed by atoms with Crippen LogP contribution in [0.2, 0.25) is 0 Å². The second-order valence-electron chi connectivity index (χ2n) is 13.1. The molecule has 0 unspecified atom stereocenters. The van der Waals surface area contributed by atoms with Gasteiger partial charge in [0.25, 0.3) is 0 Å². The molecule has 0 aliphatic heterocycles. The number of phenolic OH excluding ortho intramolecular Hbond substituents is 1. The Morgan fingerprint density at radius 1 is 1.02 bits per heavy atom. The summed E-state index contributed by atoms with van der Waals surface area (Å²) >= 11 is 1.42. The zero-order valence-corrected chi connectivity index (χ0v) is 25.6. The Morgan fingerprint density at radius 3 is 2.48 bits per heavy atom. The lowest BCUT2D eigenvalue weighted by Gasteiger charge is -2.51. The molecule has 4 rings (SSSR count). The topological polar surface area (TPSA) is 40.5 Å². The summed E-state index contributed by atoms with van der Waals surface area (Å²) in [4.78, 5) is 15.1. The van der Waals surface area contributed by atoms with Crippen molar-refractivity contribution in [3.63, 3.8) is 0 Å². The summed E-state index contributed by atoms with van der Waals surface area (Å²) in [6, 6.07) is 3.16. The van der Waals surface area contributed by atoms with E-state index >= 15 is 0 Å². The van der Waals surface area contributed by atoms with Gasteiger partial charge in [-0.05, 0) is 130 Å². The summed E-state index contributed by atoms with van der Waals surface area (Å²) in [5, 5.41) is 10.1. The molecule has 238 valence electrons. The molecule has 42 heavy (non-hydrogen) atoms. The molecule has 0 bridgehead atoms. The maximum atomic E-state index is 14.4. The summed E-state index contributed by atoms with van der Waals surface area (Å²) in [5.74, 6) is -2.68. The van der Waals surface area contributed by atoms with Gasteiger partial charge in [0, 0.05) is 18.3 Å². The van der Waals surface area contributed by atoms with Crippen molar-refractivity contribution in [1.29, 1.82) is 0 Å². The minimum Gasteiger partial charge on any atom is -0.505 e. The first kappa shape index (κ1) is 33.5. The standard InChI is InChI=1S/C32H45F6NO2S/c1-30-13-11-23-24-20-26(33)27(40)19-22(24)18-21(29(23)25(30)9-10-28(30)41)8-4-3-5-14-39(2)15-7-17-42-16-6-12-31(34,35)32(36,37)38/h19-21,23,25,29,40H,3-18H2,1-2H3/t21-,23-,25+,29-,30+/m1/s1. The molecule has 2 saturated carbocycles. The van der Waals surface area contributed by atoms with E-state index in [0.717, 1.165) is 87.8 Å². The number of phenols is 1. The normalized spacial score (nSPS) is 27.7. The van der Waals surface area contributed by atoms with Crippen LogP contribution in [-0.2, 0) is 11.2 Å². The van der Waals surface area contributed by atoms with Crippen LogP contribution in [0.3, 0.4) is 0 Å². The van der Waals surface area contributed by atoms with Crippen molar-refractivity contribution in [2.24, 2.45) is 23.2 Å². The van der Waals surface area contributed by atoms with Gasteiger partial charge in [-0.3, -0.25) is 4.79 Å². The highest BCUT2D eigenvalue weighted by molar-refractivity contribution is 7.99. The molecule has 1 N–H and O–H groups in total. The van der Waals surface area contributed by atoms with Gasteiger partial charge in [0.2, 0.25) is 0 Å². The number of carbonyl (C=O) groups is 1. The molecule has 0 heterocycles. The number of hydrogen-bond acceptors (Lipinski definition) is 4. The molecular formula is C32H45F6NO2S. The highest BCUT2D eigenvalue weighted by Gasteiger charge is 2.57. The van der Waals surface area contributed by atoms with Gasteiger partial charge in [-0.2, -0.15) is 33.7 Å². The average molecular weight is 622 g/mol. The number of aromatic hydroxyl groups is 1. The largest absolute Gasteiger partial charge is 0.505 e. The number of benzene rings is 1. The van der Waals surface area contributed by atoms with Crippen molar-refractivity contribution in [2.75, 3.05) is 31.6 Å². The van der Waals surface area contributed by atoms with Gasteiger partial charge in [0.15, 0.2) is 11.6 Å². The quantitative estimate of drug-likeness (QED) is 0.167. The number of carbonyl (C=O) groups excluding carboxylic acids is 1. The number of unbranched alkanes of at least 4 members (excludes halogenated alkanes) is 2. The lowest BCUT2D eigenvalue weighted by atomic mass is 9.52. The minimum atomic E-state index is -5.47. The number of rotatable bonds is 14. The zero-order chi connectivity index (χ0) is 30.7. The van der Waals surface area contributed by atoms with Crippen LogP contribution in [0.1, 0.15) is 94.6 Å². The van der Waals surface area contributed by atoms with Crippen molar-refractivity contribution in [3.8, 4) is 5.75 Å². The highest BCUT2D eigenvalue weighted by atomic mass is 32.2. The van der Waals surface area contributed by atoms with Gasteiger partial charge in [0.05, 0.1) is 0 Å². The van der Waals surface area contributed by atoms with E-state index in [9.17, 15) is 36.2 Å². The molecule has 2 fully saturated rings. The van der Waals surface area contributed by atoms with Gasteiger partial charge in [-0.1, -0.05) is 19.8 Å². The summed E-state index contributed by atoms with van der Waals surface area (Å²) in [7, 11) is 2.04. The summed E-state index contributed by atoms with van der Waals surface area (Å²) in [6.07, 6.45) is 2.43. The van der Waals surface area contributed by atoms with Crippen molar-refractivity contribution in [2.45, 2.75) is 102 Å². The van der Waals surface area contributed by atoms with Gasteiger partial charge >= 0.3 is 12.1 Å². The molecule has 0 aromatic heterocycles. The fraction of sp³-hybridized carbons (Fsp3) is 0.781.